The summed E-state index contributed by atoms with van der Waals surface area (Å²) in [4.78, 5) is 2.36. The van der Waals surface area contributed by atoms with E-state index in [4.69, 9.17) is 8.83 Å². The van der Waals surface area contributed by atoms with E-state index >= 15 is 0 Å². The largest absolute Gasteiger partial charge is 0.455 e. The predicted octanol–water partition coefficient (Wildman–Crippen LogP) is 17.1. The number of anilines is 3. The smallest absolute Gasteiger partial charge is 0.143 e. The molecule has 0 saturated heterocycles. The molecule has 3 heterocycles. The Hall–Kier alpha value is -8.60. The summed E-state index contributed by atoms with van der Waals surface area (Å²) in [6.07, 6.45) is 0. The fourth-order valence-electron chi connectivity index (χ4n) is 9.81. The average molecular weight is 819 g/mol. The topological polar surface area (TPSA) is 34.5 Å². The molecule has 0 bridgehead atoms. The summed E-state index contributed by atoms with van der Waals surface area (Å²) in [5, 5.41) is 6.85. The Bertz CT molecular complexity index is 3840. The Labute approximate surface area is 369 Å². The Kier molecular flexibility index (Phi) is 8.18. The van der Waals surface area contributed by atoms with Gasteiger partial charge >= 0.3 is 0 Å². The van der Waals surface area contributed by atoms with Crippen LogP contribution < -0.4 is 4.90 Å². The molecule has 13 rings (SSSR count). The van der Waals surface area contributed by atoms with Crippen molar-refractivity contribution in [2.75, 3.05) is 4.90 Å². The number of nitrogens with zero attached hydrogens (tertiary/aromatic N) is 2. The first kappa shape index (κ1) is 36.1. The minimum absolute atomic E-state index is 0.859. The first-order chi connectivity index (χ1) is 31.7. The van der Waals surface area contributed by atoms with Crippen LogP contribution in [0.25, 0.3) is 105 Å². The maximum Gasteiger partial charge on any atom is 0.143 e. The van der Waals surface area contributed by atoms with E-state index in [0.717, 1.165) is 94.4 Å². The molecule has 0 N–H and O–H groups in total. The van der Waals surface area contributed by atoms with Gasteiger partial charge < -0.3 is 18.3 Å². The molecule has 3 aromatic heterocycles. The zero-order valence-corrected chi connectivity index (χ0v) is 34.7. The fraction of sp³-hybridized carbons (Fsp3) is 0. The molecule has 0 atom stereocenters. The van der Waals surface area contributed by atoms with E-state index in [1.807, 2.05) is 18.2 Å². The Morgan fingerprint density at radius 2 is 0.797 bits per heavy atom. The van der Waals surface area contributed by atoms with Gasteiger partial charge in [0.25, 0.3) is 0 Å². The van der Waals surface area contributed by atoms with Gasteiger partial charge in [0, 0.05) is 66.2 Å². The highest BCUT2D eigenvalue weighted by atomic mass is 16.3. The highest BCUT2D eigenvalue weighted by Crippen LogP contribution is 2.45. The lowest BCUT2D eigenvalue weighted by atomic mass is 9.99. The van der Waals surface area contributed by atoms with E-state index < -0.39 is 0 Å². The molecular weight excluding hydrogens is 781 g/mol. The van der Waals surface area contributed by atoms with E-state index in [9.17, 15) is 0 Å². The number of furan rings is 2. The Morgan fingerprint density at radius 1 is 0.297 bits per heavy atom. The van der Waals surface area contributed by atoms with Gasteiger partial charge in [0.1, 0.15) is 22.3 Å². The van der Waals surface area contributed by atoms with Crippen LogP contribution in [0.3, 0.4) is 0 Å². The van der Waals surface area contributed by atoms with Crippen LogP contribution in [0.5, 0.6) is 0 Å². The van der Waals surface area contributed by atoms with E-state index in [1.54, 1.807) is 0 Å². The van der Waals surface area contributed by atoms with Gasteiger partial charge in [-0.2, -0.15) is 0 Å². The number of hydrogen-bond donors (Lipinski definition) is 0. The zero-order chi connectivity index (χ0) is 42.1. The van der Waals surface area contributed by atoms with Crippen LogP contribution in [0.1, 0.15) is 0 Å². The van der Waals surface area contributed by atoms with Gasteiger partial charge in [0.15, 0.2) is 0 Å². The normalized spacial score (nSPS) is 11.8. The van der Waals surface area contributed by atoms with Gasteiger partial charge in [0.05, 0.1) is 11.0 Å². The summed E-state index contributed by atoms with van der Waals surface area (Å²) in [5.41, 5.74) is 16.6. The molecular formula is C60H38N2O2. The molecule has 13 aromatic rings. The summed E-state index contributed by atoms with van der Waals surface area (Å²) in [6, 6.07) is 82.2. The second-order valence-corrected chi connectivity index (χ2v) is 16.5. The van der Waals surface area contributed by atoms with E-state index in [1.165, 1.54) is 27.4 Å². The van der Waals surface area contributed by atoms with Crippen molar-refractivity contribution in [3.05, 3.63) is 231 Å². The minimum atomic E-state index is 0.859. The van der Waals surface area contributed by atoms with Gasteiger partial charge in [0.2, 0.25) is 0 Å². The van der Waals surface area contributed by atoms with Crippen LogP contribution in [0, 0.1) is 0 Å². The SMILES string of the molecule is c1ccc(-c2ccc(N(c3ccc(-c4cccc5c4oc4ccccc45)cc3)c3cc(-c4cccc(-n5c6ccccc6c6ccccc65)c4)c4oc5ccccc5c4c3)cc2)cc1. The molecule has 0 spiro atoms. The van der Waals surface area contributed by atoms with Crippen molar-refractivity contribution in [2.45, 2.75) is 0 Å². The van der Waals surface area contributed by atoms with E-state index in [-0.39, 0.29) is 0 Å². The van der Waals surface area contributed by atoms with Crippen molar-refractivity contribution >= 4 is 82.7 Å². The molecule has 0 aliphatic rings. The lowest BCUT2D eigenvalue weighted by molar-refractivity contribution is 0.669. The first-order valence-electron chi connectivity index (χ1n) is 21.7. The maximum absolute atomic E-state index is 6.81. The van der Waals surface area contributed by atoms with Gasteiger partial charge in [-0.05, 0) is 95.1 Å². The van der Waals surface area contributed by atoms with Crippen molar-refractivity contribution in [1.29, 1.82) is 0 Å². The first-order valence-corrected chi connectivity index (χ1v) is 21.7. The minimum Gasteiger partial charge on any atom is -0.455 e. The van der Waals surface area contributed by atoms with Crippen molar-refractivity contribution in [3.8, 4) is 39.1 Å². The van der Waals surface area contributed by atoms with Crippen LogP contribution in [0.15, 0.2) is 239 Å². The molecule has 64 heavy (non-hydrogen) atoms. The summed E-state index contributed by atoms with van der Waals surface area (Å²) in [6.45, 7) is 0. The second kappa shape index (κ2) is 14.5. The van der Waals surface area contributed by atoms with Gasteiger partial charge in [-0.3, -0.25) is 0 Å². The predicted molar refractivity (Wildman–Crippen MR) is 266 cm³/mol. The van der Waals surface area contributed by atoms with Crippen molar-refractivity contribution in [3.63, 3.8) is 0 Å². The third-order valence-electron chi connectivity index (χ3n) is 12.8. The number of fused-ring (bicyclic) bond motifs is 9. The molecule has 300 valence electrons. The summed E-state index contributed by atoms with van der Waals surface area (Å²) >= 11 is 0. The molecule has 0 fully saturated rings. The van der Waals surface area contributed by atoms with Gasteiger partial charge in [-0.1, -0.05) is 158 Å². The molecule has 0 aliphatic heterocycles. The fourth-order valence-corrected chi connectivity index (χ4v) is 9.81. The van der Waals surface area contributed by atoms with Crippen molar-refractivity contribution < 1.29 is 8.83 Å². The van der Waals surface area contributed by atoms with E-state index in [0.29, 0.717) is 0 Å². The number of benzene rings is 10. The number of aromatic nitrogens is 1. The molecule has 0 saturated carbocycles. The molecule has 0 aliphatic carbocycles. The molecule has 4 nitrogen and oxygen atoms in total. The number of hydrogen-bond acceptors (Lipinski definition) is 3. The summed E-state index contributed by atoms with van der Waals surface area (Å²) in [5.74, 6) is 0. The average Bonchev–Trinajstić information content (AvgIpc) is 4.05. The lowest BCUT2D eigenvalue weighted by Gasteiger charge is -2.27. The molecule has 10 aromatic carbocycles. The van der Waals surface area contributed by atoms with Crippen molar-refractivity contribution in [1.82, 2.24) is 4.57 Å². The summed E-state index contributed by atoms with van der Waals surface area (Å²) < 4.78 is 15.7. The van der Waals surface area contributed by atoms with Gasteiger partial charge in [-0.15, -0.1) is 0 Å². The van der Waals surface area contributed by atoms with Crippen LogP contribution >= 0.6 is 0 Å². The lowest BCUT2D eigenvalue weighted by Crippen LogP contribution is -2.10. The standard InChI is InChI=1S/C60H38N2O2/c1-2-14-39(15-3-1)40-28-32-43(33-29-40)61(44-34-30-41(31-35-44)47-22-13-23-52-50-20-6-10-26-57(50)63-59(47)52)46-37-53(60-54(38-46)51-21-7-11-27-58(51)64-60)42-16-12-17-45(36-42)62-55-24-8-4-18-48(55)49-19-5-9-25-56(49)62/h1-38H. The van der Waals surface area contributed by atoms with Crippen molar-refractivity contribution in [2.24, 2.45) is 0 Å². The summed E-state index contributed by atoms with van der Waals surface area (Å²) in [7, 11) is 0. The van der Waals surface area contributed by atoms with Gasteiger partial charge in [-0.25, -0.2) is 0 Å². The number of rotatable bonds is 7. The monoisotopic (exact) mass is 818 g/mol. The molecule has 4 heteroatoms. The van der Waals surface area contributed by atoms with Crippen LogP contribution in [-0.2, 0) is 0 Å². The Morgan fingerprint density at radius 3 is 1.47 bits per heavy atom. The van der Waals surface area contributed by atoms with Crippen LogP contribution in [0.4, 0.5) is 17.1 Å². The highest BCUT2D eigenvalue weighted by Gasteiger charge is 2.21. The molecule has 0 unspecified atom stereocenters. The van der Waals surface area contributed by atoms with Crippen LogP contribution in [-0.4, -0.2) is 4.57 Å². The maximum atomic E-state index is 6.81. The second-order valence-electron chi connectivity index (χ2n) is 16.5. The third kappa shape index (κ3) is 5.77. The molecule has 0 amide bonds. The number of para-hydroxylation sites is 5. The van der Waals surface area contributed by atoms with E-state index in [2.05, 4.69) is 222 Å². The third-order valence-corrected chi connectivity index (χ3v) is 12.8. The quantitative estimate of drug-likeness (QED) is 0.161. The zero-order valence-electron chi connectivity index (χ0n) is 34.7. The van der Waals surface area contributed by atoms with Crippen LogP contribution in [0.2, 0.25) is 0 Å². The molecule has 0 radical (unpaired) electrons. The Balaban J connectivity index is 1.01. The highest BCUT2D eigenvalue weighted by molar-refractivity contribution is 6.13.